The van der Waals surface area contributed by atoms with E-state index in [1.54, 1.807) is 7.11 Å². The molecule has 1 aliphatic rings. The number of unbranched alkanes of at least 4 members (excludes halogenated alkanes) is 1. The molecule has 0 bridgehead atoms. The number of rotatable bonds is 6. The number of carbonyl (C=O) groups is 1. The molecule has 0 unspecified atom stereocenters. The first-order valence-electron chi connectivity index (χ1n) is 5.88. The summed E-state index contributed by atoms with van der Waals surface area (Å²) in [4.78, 5) is 15.7. The van der Waals surface area contributed by atoms with Gasteiger partial charge in [-0.25, -0.2) is 0 Å². The number of methoxy groups -OCH3 is 1. The van der Waals surface area contributed by atoms with Crippen molar-refractivity contribution in [3.8, 4) is 0 Å². The molecule has 94 valence electrons. The molecule has 1 rings (SSSR count). The number of nitrogens with zero attached hydrogens (tertiary/aromatic N) is 2. The van der Waals surface area contributed by atoms with Crippen molar-refractivity contribution in [3.63, 3.8) is 0 Å². The zero-order valence-corrected chi connectivity index (χ0v) is 10.0. The van der Waals surface area contributed by atoms with Crippen LogP contribution in [0.4, 0.5) is 0 Å². The molecule has 0 radical (unpaired) electrons. The molecule has 1 aliphatic heterocycles. The summed E-state index contributed by atoms with van der Waals surface area (Å²) in [7, 11) is 1.54. The molecule has 0 aromatic carbocycles. The average molecular weight is 230 g/mol. The Hall–Kier alpha value is -0.650. The van der Waals surface area contributed by atoms with Crippen molar-refractivity contribution in [3.05, 3.63) is 0 Å². The van der Waals surface area contributed by atoms with Crippen molar-refractivity contribution < 1.29 is 14.6 Å². The monoisotopic (exact) mass is 230 g/mol. The first kappa shape index (κ1) is 13.4. The number of carbonyl (C=O) groups excluding carboxylic acids is 1. The van der Waals surface area contributed by atoms with Gasteiger partial charge in [0.15, 0.2) is 0 Å². The summed E-state index contributed by atoms with van der Waals surface area (Å²) in [5, 5.41) is 8.68. The predicted molar refractivity (Wildman–Crippen MR) is 61.2 cm³/mol. The third-order valence-electron chi connectivity index (χ3n) is 2.88. The maximum atomic E-state index is 11.5. The molecule has 1 amide bonds. The highest BCUT2D eigenvalue weighted by molar-refractivity contribution is 5.77. The van der Waals surface area contributed by atoms with Crippen LogP contribution < -0.4 is 0 Å². The van der Waals surface area contributed by atoms with Crippen LogP contribution in [0, 0.1) is 0 Å². The number of aliphatic hydroxyl groups is 1. The Kier molecular flexibility index (Phi) is 6.37. The van der Waals surface area contributed by atoms with Gasteiger partial charge in [0.25, 0.3) is 0 Å². The molecule has 0 aromatic rings. The van der Waals surface area contributed by atoms with Crippen LogP contribution in [0.15, 0.2) is 0 Å². The number of ether oxygens (including phenoxy) is 1. The lowest BCUT2D eigenvalue weighted by atomic mass is 10.2. The quantitative estimate of drug-likeness (QED) is 0.628. The van der Waals surface area contributed by atoms with Gasteiger partial charge in [0.1, 0.15) is 6.61 Å². The van der Waals surface area contributed by atoms with Crippen LogP contribution in [-0.2, 0) is 9.53 Å². The first-order valence-corrected chi connectivity index (χ1v) is 5.88. The largest absolute Gasteiger partial charge is 0.396 e. The van der Waals surface area contributed by atoms with Crippen molar-refractivity contribution >= 4 is 5.91 Å². The Morgan fingerprint density at radius 1 is 1.25 bits per heavy atom. The highest BCUT2D eigenvalue weighted by atomic mass is 16.5. The van der Waals surface area contributed by atoms with Gasteiger partial charge >= 0.3 is 0 Å². The van der Waals surface area contributed by atoms with Crippen molar-refractivity contribution in [1.82, 2.24) is 9.80 Å². The molecule has 5 heteroatoms. The van der Waals surface area contributed by atoms with Crippen LogP contribution >= 0.6 is 0 Å². The second-order valence-corrected chi connectivity index (χ2v) is 4.09. The molecule has 0 aromatic heterocycles. The molecule has 1 fully saturated rings. The Balaban J connectivity index is 2.15. The normalized spacial score (nSPS) is 17.8. The molecule has 0 aliphatic carbocycles. The average Bonchev–Trinajstić information content (AvgIpc) is 2.30. The third kappa shape index (κ3) is 4.47. The van der Waals surface area contributed by atoms with E-state index in [2.05, 4.69) is 4.90 Å². The summed E-state index contributed by atoms with van der Waals surface area (Å²) >= 11 is 0. The fraction of sp³-hybridized carbons (Fsp3) is 0.909. The van der Waals surface area contributed by atoms with Gasteiger partial charge in [-0.2, -0.15) is 0 Å². The van der Waals surface area contributed by atoms with Crippen molar-refractivity contribution in [2.75, 3.05) is 53.0 Å². The van der Waals surface area contributed by atoms with Crippen LogP contribution in [-0.4, -0.2) is 73.9 Å². The van der Waals surface area contributed by atoms with Gasteiger partial charge in [-0.15, -0.1) is 0 Å². The SMILES string of the molecule is COCC(=O)N1CCN(CCCCO)CC1. The van der Waals surface area contributed by atoms with Gasteiger partial charge in [0.05, 0.1) is 0 Å². The minimum atomic E-state index is 0.0810. The first-order chi connectivity index (χ1) is 7.77. The van der Waals surface area contributed by atoms with E-state index in [1.807, 2.05) is 4.90 Å². The summed E-state index contributed by atoms with van der Waals surface area (Å²) in [5.41, 5.74) is 0. The molecule has 16 heavy (non-hydrogen) atoms. The Morgan fingerprint density at radius 3 is 2.50 bits per heavy atom. The summed E-state index contributed by atoms with van der Waals surface area (Å²) in [6.45, 7) is 4.92. The smallest absolute Gasteiger partial charge is 0.248 e. The minimum absolute atomic E-state index is 0.0810. The fourth-order valence-corrected chi connectivity index (χ4v) is 1.88. The number of hydrogen-bond donors (Lipinski definition) is 1. The summed E-state index contributed by atoms with van der Waals surface area (Å²) < 4.78 is 4.83. The lowest BCUT2D eigenvalue weighted by molar-refractivity contribution is -0.136. The lowest BCUT2D eigenvalue weighted by Gasteiger charge is -2.34. The number of hydrogen-bond acceptors (Lipinski definition) is 4. The van der Waals surface area contributed by atoms with Crippen LogP contribution in [0.5, 0.6) is 0 Å². The Labute approximate surface area is 97.0 Å². The maximum Gasteiger partial charge on any atom is 0.248 e. The predicted octanol–water partition coefficient (Wildman–Crippen LogP) is -0.450. The Morgan fingerprint density at radius 2 is 1.94 bits per heavy atom. The zero-order chi connectivity index (χ0) is 11.8. The second-order valence-electron chi connectivity index (χ2n) is 4.09. The van der Waals surface area contributed by atoms with E-state index in [1.165, 1.54) is 0 Å². The zero-order valence-electron chi connectivity index (χ0n) is 10.0. The number of piperazine rings is 1. The van der Waals surface area contributed by atoms with Crippen LogP contribution in [0.3, 0.4) is 0 Å². The number of aliphatic hydroxyl groups excluding tert-OH is 1. The van der Waals surface area contributed by atoms with Gasteiger partial charge in [-0.1, -0.05) is 0 Å². The number of amides is 1. The van der Waals surface area contributed by atoms with Crippen molar-refractivity contribution in [2.45, 2.75) is 12.8 Å². The van der Waals surface area contributed by atoms with Crippen LogP contribution in [0.25, 0.3) is 0 Å². The summed E-state index contributed by atoms with van der Waals surface area (Å²) in [6.07, 6.45) is 1.89. The van der Waals surface area contributed by atoms with Crippen LogP contribution in [0.1, 0.15) is 12.8 Å². The van der Waals surface area contributed by atoms with Gasteiger partial charge in [-0.05, 0) is 19.4 Å². The standard InChI is InChI=1S/C11H22N2O3/c1-16-10-11(15)13-7-5-12(6-8-13)4-2-3-9-14/h14H,2-10H2,1H3. The molecule has 0 saturated carbocycles. The van der Waals surface area contributed by atoms with Crippen molar-refractivity contribution in [2.24, 2.45) is 0 Å². The van der Waals surface area contributed by atoms with E-state index in [4.69, 9.17) is 9.84 Å². The van der Waals surface area contributed by atoms with E-state index >= 15 is 0 Å². The van der Waals surface area contributed by atoms with E-state index in [0.717, 1.165) is 45.6 Å². The van der Waals surface area contributed by atoms with Gasteiger partial charge < -0.3 is 14.7 Å². The molecular formula is C11H22N2O3. The highest BCUT2D eigenvalue weighted by Gasteiger charge is 2.20. The second kappa shape index (κ2) is 7.60. The van der Waals surface area contributed by atoms with Gasteiger partial charge in [0.2, 0.25) is 5.91 Å². The van der Waals surface area contributed by atoms with Crippen LogP contribution in [0.2, 0.25) is 0 Å². The van der Waals surface area contributed by atoms with E-state index in [9.17, 15) is 4.79 Å². The van der Waals surface area contributed by atoms with E-state index < -0.39 is 0 Å². The summed E-state index contributed by atoms with van der Waals surface area (Å²) in [5.74, 6) is 0.0810. The topological polar surface area (TPSA) is 53.0 Å². The maximum absolute atomic E-state index is 11.5. The molecule has 0 atom stereocenters. The Bertz CT molecular complexity index is 203. The van der Waals surface area contributed by atoms with Crippen molar-refractivity contribution in [1.29, 1.82) is 0 Å². The minimum Gasteiger partial charge on any atom is -0.396 e. The van der Waals surface area contributed by atoms with E-state index in [0.29, 0.717) is 0 Å². The molecule has 5 nitrogen and oxygen atoms in total. The molecule has 1 heterocycles. The summed E-state index contributed by atoms with van der Waals surface area (Å²) in [6, 6.07) is 0. The van der Waals surface area contributed by atoms with Gasteiger partial charge in [0, 0.05) is 39.9 Å². The molecule has 0 spiro atoms. The highest BCUT2D eigenvalue weighted by Crippen LogP contribution is 2.03. The lowest BCUT2D eigenvalue weighted by Crippen LogP contribution is -2.49. The molecule has 1 N–H and O–H groups in total. The third-order valence-corrected chi connectivity index (χ3v) is 2.88. The fourth-order valence-electron chi connectivity index (χ4n) is 1.88. The molecular weight excluding hydrogens is 208 g/mol. The molecule has 1 saturated heterocycles. The van der Waals surface area contributed by atoms with E-state index in [-0.39, 0.29) is 19.1 Å². The van der Waals surface area contributed by atoms with Gasteiger partial charge in [-0.3, -0.25) is 9.69 Å².